The third-order valence-electron chi connectivity index (χ3n) is 3.69. The molecule has 12 N–H and O–H groups in total. The number of carboxylic acids is 2. The predicted molar refractivity (Wildman–Crippen MR) is 90.0 cm³/mol. The second-order valence-corrected chi connectivity index (χ2v) is 5.97. The van der Waals surface area contributed by atoms with Crippen LogP contribution >= 0.6 is 0 Å². The predicted octanol–water partition coefficient (Wildman–Crippen LogP) is -11.3. The van der Waals surface area contributed by atoms with Gasteiger partial charge in [0.15, 0.2) is 0 Å². The third-order valence-corrected chi connectivity index (χ3v) is 3.69. The summed E-state index contributed by atoms with van der Waals surface area (Å²) in [5.41, 5.74) is 0. The standard InChI is InChI=1S/2C7H14O8.Ca/c2*8-1-2(9)3(10)4(11)5(12)6(13)7(14)15;/h2*2-6,8-13H,1H2,(H,14,15);/q;;+2/p-2/t2*2-,3-,4+,5-,6-;/m00./s1. The van der Waals surface area contributed by atoms with Gasteiger partial charge in [-0.25, -0.2) is 0 Å². The molecule has 0 saturated carbocycles. The van der Waals surface area contributed by atoms with Crippen LogP contribution in [0.1, 0.15) is 0 Å². The van der Waals surface area contributed by atoms with Crippen molar-refractivity contribution in [1.29, 1.82) is 0 Å². The van der Waals surface area contributed by atoms with Crippen LogP contribution in [0.3, 0.4) is 0 Å². The van der Waals surface area contributed by atoms with Gasteiger partial charge in [-0.15, -0.1) is 0 Å². The largest absolute Gasteiger partial charge is 2.00 e. The van der Waals surface area contributed by atoms with Gasteiger partial charge in [-0.05, 0) is 0 Å². The fraction of sp³-hybridized carbons (Fsp3) is 0.857. The van der Waals surface area contributed by atoms with Gasteiger partial charge in [-0.2, -0.15) is 0 Å². The molecule has 0 aliphatic heterocycles. The summed E-state index contributed by atoms with van der Waals surface area (Å²) in [4.78, 5) is 20.2. The van der Waals surface area contributed by atoms with E-state index in [1.54, 1.807) is 0 Å². The van der Waals surface area contributed by atoms with E-state index in [1.165, 1.54) is 0 Å². The Morgan fingerprint density at radius 2 is 0.742 bits per heavy atom. The second kappa shape index (κ2) is 17.2. The Balaban J connectivity index is -0.000000490. The van der Waals surface area contributed by atoms with Crippen LogP contribution in [0.2, 0.25) is 0 Å². The van der Waals surface area contributed by atoms with E-state index >= 15 is 0 Å². The Labute approximate surface area is 204 Å². The van der Waals surface area contributed by atoms with Crippen LogP contribution in [0, 0.1) is 0 Å². The van der Waals surface area contributed by atoms with Crippen LogP contribution < -0.4 is 10.2 Å². The summed E-state index contributed by atoms with van der Waals surface area (Å²) in [5.74, 6) is -4.07. The van der Waals surface area contributed by atoms with E-state index in [9.17, 15) is 19.8 Å². The first-order valence-corrected chi connectivity index (χ1v) is 8.09. The number of hydrogen-bond acceptors (Lipinski definition) is 16. The average Bonchev–Trinajstić information content (AvgIpc) is 2.73. The third kappa shape index (κ3) is 11.9. The molecule has 0 aliphatic carbocycles. The normalized spacial score (nSPS) is 20.8. The van der Waals surface area contributed by atoms with E-state index in [2.05, 4.69) is 0 Å². The SMILES string of the molecule is O=C([O-])[C@@H](O)[C@@H](O)[C@H](O)[C@@H](O)[C@@H](O)CO.O=C([O-])[C@@H](O)[C@@H](O)[C@H](O)[C@@H](O)[C@@H](O)CO.[Ca+2]. The van der Waals surface area contributed by atoms with Crippen molar-refractivity contribution in [3.05, 3.63) is 0 Å². The zero-order chi connectivity index (χ0) is 24.3. The van der Waals surface area contributed by atoms with E-state index in [0.29, 0.717) is 0 Å². The van der Waals surface area contributed by atoms with E-state index in [4.69, 9.17) is 61.3 Å². The van der Waals surface area contributed by atoms with Crippen molar-refractivity contribution >= 4 is 49.7 Å². The molecule has 0 bridgehead atoms. The number of aliphatic hydroxyl groups is 12. The first kappa shape index (κ1) is 35.3. The number of hydrogen-bond donors (Lipinski definition) is 12. The molecule has 180 valence electrons. The summed E-state index contributed by atoms with van der Waals surface area (Å²) in [6, 6.07) is 0. The molecule has 0 aromatic heterocycles. The first-order chi connectivity index (χ1) is 13.6. The van der Waals surface area contributed by atoms with E-state index in [0.717, 1.165) is 0 Å². The number of aliphatic hydroxyl groups excluding tert-OH is 12. The summed E-state index contributed by atoms with van der Waals surface area (Å²) in [6.07, 6.45) is -21.0. The molecule has 0 unspecified atom stereocenters. The summed E-state index contributed by atoms with van der Waals surface area (Å²) in [7, 11) is 0. The van der Waals surface area contributed by atoms with Gasteiger partial charge < -0.3 is 81.1 Å². The molecule has 0 amide bonds. The molecule has 0 fully saturated rings. The molecule has 10 atom stereocenters. The van der Waals surface area contributed by atoms with Crippen LogP contribution in [0.15, 0.2) is 0 Å². The van der Waals surface area contributed by atoms with Crippen LogP contribution in [-0.2, 0) is 9.59 Å². The first-order valence-electron chi connectivity index (χ1n) is 8.09. The molecule has 0 rings (SSSR count). The van der Waals surface area contributed by atoms with Gasteiger partial charge in [0.2, 0.25) is 0 Å². The monoisotopic (exact) mass is 490 g/mol. The van der Waals surface area contributed by atoms with Gasteiger partial charge in [0.25, 0.3) is 0 Å². The molecule has 17 heteroatoms. The minimum absolute atomic E-state index is 0. The summed E-state index contributed by atoms with van der Waals surface area (Å²) < 4.78 is 0. The van der Waals surface area contributed by atoms with Crippen LogP contribution in [0.5, 0.6) is 0 Å². The molecule has 0 spiro atoms. The van der Waals surface area contributed by atoms with Crippen molar-refractivity contribution in [2.24, 2.45) is 0 Å². The second-order valence-electron chi connectivity index (χ2n) is 5.97. The zero-order valence-corrected chi connectivity index (χ0v) is 18.1. The number of carbonyl (C=O) groups excluding carboxylic acids is 2. The maximum atomic E-state index is 10.1. The van der Waals surface area contributed by atoms with Crippen LogP contribution in [0.25, 0.3) is 0 Å². The Morgan fingerprint density at radius 3 is 0.903 bits per heavy atom. The van der Waals surface area contributed by atoms with E-state index in [-0.39, 0.29) is 37.7 Å². The van der Waals surface area contributed by atoms with Gasteiger partial charge in [0.1, 0.15) is 61.0 Å². The van der Waals surface area contributed by atoms with E-state index < -0.39 is 86.2 Å². The Bertz CT molecular complexity index is 465. The van der Waals surface area contributed by atoms with Gasteiger partial charge in [-0.1, -0.05) is 0 Å². The summed E-state index contributed by atoms with van der Waals surface area (Å²) >= 11 is 0. The van der Waals surface area contributed by atoms with Crippen molar-refractivity contribution in [3.8, 4) is 0 Å². The Kier molecular flexibility index (Phi) is 19.6. The van der Waals surface area contributed by atoms with Crippen molar-refractivity contribution < 1.29 is 81.1 Å². The van der Waals surface area contributed by atoms with Gasteiger partial charge in [-0.3, -0.25) is 0 Å². The van der Waals surface area contributed by atoms with Crippen molar-refractivity contribution in [2.45, 2.75) is 61.0 Å². The fourth-order valence-electron chi connectivity index (χ4n) is 1.73. The Morgan fingerprint density at radius 1 is 0.516 bits per heavy atom. The molecular weight excluding hydrogens is 464 g/mol. The van der Waals surface area contributed by atoms with Crippen LogP contribution in [-0.4, -0.2) is 185 Å². The summed E-state index contributed by atoms with van der Waals surface area (Å²) in [5, 5.41) is 126. The molecule has 0 heterocycles. The topological polar surface area (TPSA) is 323 Å². The molecule has 0 aromatic rings. The number of rotatable bonds is 12. The number of carboxylic acid groups (broad SMARTS) is 2. The molecule has 0 aliphatic rings. The minimum Gasteiger partial charge on any atom is -0.547 e. The van der Waals surface area contributed by atoms with Gasteiger partial charge in [0, 0.05) is 0 Å². The fourth-order valence-corrected chi connectivity index (χ4v) is 1.73. The molecule has 31 heavy (non-hydrogen) atoms. The zero-order valence-electron chi connectivity index (χ0n) is 15.9. The van der Waals surface area contributed by atoms with Crippen molar-refractivity contribution in [3.63, 3.8) is 0 Å². The van der Waals surface area contributed by atoms with E-state index in [1.807, 2.05) is 0 Å². The number of aliphatic carboxylic acids is 2. The Hall–Kier alpha value is -0.280. The maximum Gasteiger partial charge on any atom is 2.00 e. The molecule has 16 nitrogen and oxygen atoms in total. The average molecular weight is 490 g/mol. The van der Waals surface area contributed by atoms with Crippen molar-refractivity contribution in [1.82, 2.24) is 0 Å². The quantitative estimate of drug-likeness (QED) is 0.113. The van der Waals surface area contributed by atoms with Crippen molar-refractivity contribution in [2.75, 3.05) is 13.2 Å². The smallest absolute Gasteiger partial charge is 0.547 e. The van der Waals surface area contributed by atoms with Gasteiger partial charge in [0.05, 0.1) is 25.2 Å². The maximum absolute atomic E-state index is 10.1. The molecule has 0 aromatic carbocycles. The van der Waals surface area contributed by atoms with Gasteiger partial charge >= 0.3 is 37.7 Å². The summed E-state index contributed by atoms with van der Waals surface area (Å²) in [6.45, 7) is -1.79. The molecule has 0 saturated heterocycles. The number of carbonyl (C=O) groups is 2. The van der Waals surface area contributed by atoms with Crippen LogP contribution in [0.4, 0.5) is 0 Å². The minimum atomic E-state index is -2.40. The molecule has 0 radical (unpaired) electrons. The molecular formula is C14H26CaO16.